The van der Waals surface area contributed by atoms with Gasteiger partial charge < -0.3 is 15.0 Å². The lowest BCUT2D eigenvalue weighted by molar-refractivity contribution is 0.0854. The quantitative estimate of drug-likeness (QED) is 0.778. The van der Waals surface area contributed by atoms with E-state index >= 15 is 0 Å². The Balaban J connectivity index is 1.25. The van der Waals surface area contributed by atoms with Gasteiger partial charge >= 0.3 is 0 Å². The molecular formula is C20H25ClN4O2S. The van der Waals surface area contributed by atoms with Gasteiger partial charge in [-0.05, 0) is 25.0 Å². The number of aromatic nitrogens is 1. The van der Waals surface area contributed by atoms with Gasteiger partial charge in [0.05, 0.1) is 23.4 Å². The zero-order chi connectivity index (χ0) is 19.3. The number of hydrogen-bond donors (Lipinski definition) is 1. The Morgan fingerprint density at radius 2 is 2.11 bits per heavy atom. The molecule has 0 radical (unpaired) electrons. The van der Waals surface area contributed by atoms with Gasteiger partial charge in [-0.1, -0.05) is 23.7 Å². The van der Waals surface area contributed by atoms with Gasteiger partial charge in [0.2, 0.25) is 0 Å². The standard InChI is InChI=1S/C20H25ClN4O2S/c21-16-5-1-2-6-18(16)25-9-7-24(8-10-25)13-19-23-17(14-28-19)20(26)22-12-15-4-3-11-27-15/h1-2,5-6,14-15H,3-4,7-13H2,(H,22,26). The van der Waals surface area contributed by atoms with Crippen LogP contribution in [0.25, 0.3) is 0 Å². The Labute approximate surface area is 174 Å². The second-order valence-corrected chi connectivity index (χ2v) is 8.54. The molecule has 8 heteroatoms. The molecule has 2 aliphatic rings. The first-order chi connectivity index (χ1) is 13.7. The van der Waals surface area contributed by atoms with E-state index in [-0.39, 0.29) is 12.0 Å². The van der Waals surface area contributed by atoms with Crippen LogP contribution in [0.4, 0.5) is 5.69 Å². The van der Waals surface area contributed by atoms with Crippen LogP contribution < -0.4 is 10.2 Å². The number of nitrogens with zero attached hydrogens (tertiary/aromatic N) is 3. The number of carbonyl (C=O) groups excluding carboxylic acids is 1. The molecule has 2 aliphatic heterocycles. The smallest absolute Gasteiger partial charge is 0.270 e. The summed E-state index contributed by atoms with van der Waals surface area (Å²) < 4.78 is 5.54. The predicted molar refractivity (Wildman–Crippen MR) is 112 cm³/mol. The fourth-order valence-corrected chi connectivity index (χ4v) is 4.71. The Kier molecular flexibility index (Phi) is 6.47. The molecule has 1 aromatic heterocycles. The molecule has 2 saturated heterocycles. The highest BCUT2D eigenvalue weighted by molar-refractivity contribution is 7.09. The van der Waals surface area contributed by atoms with Gasteiger partial charge in [-0.2, -0.15) is 0 Å². The summed E-state index contributed by atoms with van der Waals surface area (Å²) >= 11 is 7.86. The summed E-state index contributed by atoms with van der Waals surface area (Å²) in [7, 11) is 0. The average Bonchev–Trinajstić information content (AvgIpc) is 3.39. The van der Waals surface area contributed by atoms with Crippen LogP contribution in [-0.2, 0) is 11.3 Å². The summed E-state index contributed by atoms with van der Waals surface area (Å²) in [4.78, 5) is 21.5. The number of rotatable bonds is 6. The van der Waals surface area contributed by atoms with E-state index in [9.17, 15) is 4.79 Å². The minimum Gasteiger partial charge on any atom is -0.376 e. The maximum atomic E-state index is 12.3. The van der Waals surface area contributed by atoms with Gasteiger partial charge in [0.25, 0.3) is 5.91 Å². The number of para-hydroxylation sites is 1. The molecule has 0 saturated carbocycles. The van der Waals surface area contributed by atoms with E-state index in [1.54, 1.807) is 11.3 Å². The number of piperazine rings is 1. The molecule has 0 spiro atoms. The lowest BCUT2D eigenvalue weighted by atomic mass is 10.2. The molecule has 1 atom stereocenters. The Bertz CT molecular complexity index is 801. The van der Waals surface area contributed by atoms with Crippen LogP contribution in [0, 0.1) is 0 Å². The van der Waals surface area contributed by atoms with Crippen LogP contribution in [0.2, 0.25) is 5.02 Å². The number of halogens is 1. The number of ether oxygens (including phenoxy) is 1. The van der Waals surface area contributed by atoms with Crippen LogP contribution in [-0.4, -0.2) is 61.2 Å². The molecule has 1 amide bonds. The molecule has 0 bridgehead atoms. The van der Waals surface area contributed by atoms with E-state index in [1.165, 1.54) is 0 Å². The number of amides is 1. The molecule has 3 heterocycles. The molecular weight excluding hydrogens is 396 g/mol. The van der Waals surface area contributed by atoms with Crippen molar-refractivity contribution in [1.82, 2.24) is 15.2 Å². The number of nitrogens with one attached hydrogen (secondary N) is 1. The third-order valence-corrected chi connectivity index (χ3v) is 6.38. The van der Waals surface area contributed by atoms with Crippen LogP contribution in [0.5, 0.6) is 0 Å². The molecule has 1 unspecified atom stereocenters. The zero-order valence-corrected chi connectivity index (χ0v) is 17.3. The summed E-state index contributed by atoms with van der Waals surface area (Å²) in [6.45, 7) is 5.91. The lowest BCUT2D eigenvalue weighted by Gasteiger charge is -2.36. The largest absolute Gasteiger partial charge is 0.376 e. The lowest BCUT2D eigenvalue weighted by Crippen LogP contribution is -2.46. The molecule has 0 aliphatic carbocycles. The fourth-order valence-electron chi connectivity index (χ4n) is 3.64. The molecule has 2 fully saturated rings. The number of benzene rings is 1. The van der Waals surface area contributed by atoms with E-state index < -0.39 is 0 Å². The number of anilines is 1. The Morgan fingerprint density at radius 1 is 1.29 bits per heavy atom. The second kappa shape index (κ2) is 9.22. The van der Waals surface area contributed by atoms with Gasteiger partial charge in [0.1, 0.15) is 10.7 Å². The molecule has 4 rings (SSSR count). The van der Waals surface area contributed by atoms with Gasteiger partial charge in [-0.15, -0.1) is 11.3 Å². The first kappa shape index (κ1) is 19.6. The SMILES string of the molecule is O=C(NCC1CCCO1)c1csc(CN2CCN(c3ccccc3Cl)CC2)n1. The molecule has 1 aromatic carbocycles. The fraction of sp³-hybridized carbons (Fsp3) is 0.500. The normalized spacial score (nSPS) is 20.5. The van der Waals surface area contributed by atoms with Crippen LogP contribution in [0.15, 0.2) is 29.6 Å². The summed E-state index contributed by atoms with van der Waals surface area (Å²) in [5, 5.41) is 6.56. The minimum absolute atomic E-state index is 0.110. The summed E-state index contributed by atoms with van der Waals surface area (Å²) in [6, 6.07) is 7.98. The van der Waals surface area contributed by atoms with Gasteiger partial charge in [0, 0.05) is 44.7 Å². The van der Waals surface area contributed by atoms with Gasteiger partial charge in [0.15, 0.2) is 0 Å². The Hall–Kier alpha value is -1.67. The molecule has 2 aromatic rings. The van der Waals surface area contributed by atoms with Crippen molar-refractivity contribution < 1.29 is 9.53 Å². The van der Waals surface area contributed by atoms with Crippen molar-refractivity contribution in [1.29, 1.82) is 0 Å². The van der Waals surface area contributed by atoms with E-state index in [1.807, 2.05) is 23.6 Å². The highest BCUT2D eigenvalue weighted by Gasteiger charge is 2.21. The minimum atomic E-state index is -0.110. The third kappa shape index (κ3) is 4.84. The molecule has 1 N–H and O–H groups in total. The topological polar surface area (TPSA) is 57.7 Å². The van der Waals surface area contributed by atoms with Gasteiger partial charge in [-0.3, -0.25) is 9.69 Å². The van der Waals surface area contributed by atoms with Crippen molar-refractivity contribution in [3.05, 3.63) is 45.4 Å². The van der Waals surface area contributed by atoms with E-state index in [0.717, 1.165) is 67.9 Å². The summed E-state index contributed by atoms with van der Waals surface area (Å²) in [5.41, 5.74) is 1.61. The van der Waals surface area contributed by atoms with E-state index in [2.05, 4.69) is 26.2 Å². The average molecular weight is 421 g/mol. The maximum Gasteiger partial charge on any atom is 0.270 e. The zero-order valence-electron chi connectivity index (χ0n) is 15.8. The number of hydrogen-bond acceptors (Lipinski definition) is 6. The highest BCUT2D eigenvalue weighted by atomic mass is 35.5. The van der Waals surface area contributed by atoms with Crippen LogP contribution in [0.1, 0.15) is 28.3 Å². The molecule has 28 heavy (non-hydrogen) atoms. The first-order valence-corrected chi connectivity index (χ1v) is 11.0. The highest BCUT2D eigenvalue weighted by Crippen LogP contribution is 2.26. The predicted octanol–water partition coefficient (Wildman–Crippen LogP) is 3.03. The molecule has 6 nitrogen and oxygen atoms in total. The summed E-state index contributed by atoms with van der Waals surface area (Å²) in [6.07, 6.45) is 2.24. The van der Waals surface area contributed by atoms with Crippen LogP contribution >= 0.6 is 22.9 Å². The summed E-state index contributed by atoms with van der Waals surface area (Å²) in [5.74, 6) is -0.110. The van der Waals surface area contributed by atoms with Crippen molar-refractivity contribution in [2.75, 3.05) is 44.2 Å². The van der Waals surface area contributed by atoms with E-state index in [4.69, 9.17) is 16.3 Å². The number of thiazole rings is 1. The van der Waals surface area contributed by atoms with Crippen molar-refractivity contribution >= 4 is 34.5 Å². The van der Waals surface area contributed by atoms with Crippen molar-refractivity contribution in [2.24, 2.45) is 0 Å². The monoisotopic (exact) mass is 420 g/mol. The first-order valence-electron chi connectivity index (χ1n) is 9.75. The van der Waals surface area contributed by atoms with Crippen molar-refractivity contribution in [2.45, 2.75) is 25.5 Å². The maximum absolute atomic E-state index is 12.3. The van der Waals surface area contributed by atoms with Crippen molar-refractivity contribution in [3.63, 3.8) is 0 Å². The third-order valence-electron chi connectivity index (χ3n) is 5.22. The van der Waals surface area contributed by atoms with Crippen molar-refractivity contribution in [3.8, 4) is 0 Å². The Morgan fingerprint density at radius 3 is 2.86 bits per heavy atom. The van der Waals surface area contributed by atoms with Crippen LogP contribution in [0.3, 0.4) is 0 Å². The van der Waals surface area contributed by atoms with Gasteiger partial charge in [-0.25, -0.2) is 4.98 Å². The van der Waals surface area contributed by atoms with E-state index in [0.29, 0.717) is 12.2 Å². The number of carbonyl (C=O) groups is 1. The molecule has 150 valence electrons. The second-order valence-electron chi connectivity index (χ2n) is 7.19.